The summed E-state index contributed by atoms with van der Waals surface area (Å²) in [7, 11) is 1.49. The van der Waals surface area contributed by atoms with Crippen molar-refractivity contribution >= 4 is 27.3 Å². The number of aromatic nitrogens is 2. The molecule has 7 nitrogen and oxygen atoms in total. The Morgan fingerprint density at radius 3 is 2.50 bits per heavy atom. The zero-order valence-corrected chi connectivity index (χ0v) is 14.9. The van der Waals surface area contributed by atoms with Gasteiger partial charge in [-0.3, -0.25) is 23.6 Å². The number of Topliss-reactive ketones (excluding diaryl/α,β-unsaturated/α-hetero) is 1. The molecule has 0 unspecified atom stereocenters. The van der Waals surface area contributed by atoms with Crippen LogP contribution in [0.15, 0.2) is 9.59 Å². The summed E-state index contributed by atoms with van der Waals surface area (Å²) in [6.45, 7) is 7.53. The van der Waals surface area contributed by atoms with Crippen molar-refractivity contribution in [3.8, 4) is 0 Å². The number of hydrogen-bond donors (Lipinski definition) is 0. The number of nitrogens with zero attached hydrogens (tertiary/aromatic N) is 3. The van der Waals surface area contributed by atoms with Gasteiger partial charge in [0.05, 0.1) is 23.5 Å². The minimum absolute atomic E-state index is 0.0806. The highest BCUT2D eigenvalue weighted by atomic mass is 32.1. The molecule has 2 aromatic rings. The van der Waals surface area contributed by atoms with Crippen LogP contribution in [-0.4, -0.2) is 52.7 Å². The standard InChI is InChI=1S/C16H21N3O4S/c1-10-12-14(21)17(3)16(22)19(15(12)24-13(10)11(2)20)5-4-18-6-8-23-9-7-18/h4-9H2,1-3H3. The van der Waals surface area contributed by atoms with E-state index in [1.165, 1.54) is 25.3 Å². The predicted molar refractivity (Wildman–Crippen MR) is 93.3 cm³/mol. The third kappa shape index (κ3) is 2.85. The molecule has 130 valence electrons. The van der Waals surface area contributed by atoms with Crippen LogP contribution in [0, 0.1) is 6.92 Å². The number of ketones is 1. The molecular formula is C16H21N3O4S. The first-order valence-corrected chi connectivity index (χ1v) is 8.77. The maximum absolute atomic E-state index is 12.6. The van der Waals surface area contributed by atoms with Crippen molar-refractivity contribution in [3.63, 3.8) is 0 Å². The van der Waals surface area contributed by atoms with E-state index >= 15 is 0 Å². The van der Waals surface area contributed by atoms with E-state index in [0.717, 1.165) is 17.7 Å². The maximum atomic E-state index is 12.6. The van der Waals surface area contributed by atoms with Crippen LogP contribution in [-0.2, 0) is 18.3 Å². The van der Waals surface area contributed by atoms with Crippen LogP contribution in [0.3, 0.4) is 0 Å². The Hall–Kier alpha value is -1.77. The summed E-state index contributed by atoms with van der Waals surface area (Å²) in [6.07, 6.45) is 0. The van der Waals surface area contributed by atoms with Gasteiger partial charge in [0.25, 0.3) is 5.56 Å². The largest absolute Gasteiger partial charge is 0.379 e. The molecule has 3 rings (SSSR count). The second-order valence-electron chi connectivity index (χ2n) is 6.04. The third-order valence-corrected chi connectivity index (χ3v) is 5.89. The molecular weight excluding hydrogens is 330 g/mol. The van der Waals surface area contributed by atoms with E-state index in [9.17, 15) is 14.4 Å². The topological polar surface area (TPSA) is 73.5 Å². The highest BCUT2D eigenvalue weighted by Gasteiger charge is 2.21. The smallest absolute Gasteiger partial charge is 0.331 e. The summed E-state index contributed by atoms with van der Waals surface area (Å²) in [5, 5.41) is 0.481. The van der Waals surface area contributed by atoms with Gasteiger partial charge < -0.3 is 4.74 Å². The number of hydrogen-bond acceptors (Lipinski definition) is 6. The van der Waals surface area contributed by atoms with Crippen molar-refractivity contribution in [1.29, 1.82) is 0 Å². The fourth-order valence-electron chi connectivity index (χ4n) is 3.06. The van der Waals surface area contributed by atoms with Crippen LogP contribution in [0.1, 0.15) is 22.2 Å². The van der Waals surface area contributed by atoms with E-state index in [4.69, 9.17) is 4.74 Å². The Balaban J connectivity index is 2.08. The molecule has 0 bridgehead atoms. The summed E-state index contributed by atoms with van der Waals surface area (Å²) < 4.78 is 8.09. The van der Waals surface area contributed by atoms with Gasteiger partial charge in [-0.25, -0.2) is 4.79 Å². The Morgan fingerprint density at radius 1 is 1.21 bits per heavy atom. The summed E-state index contributed by atoms with van der Waals surface area (Å²) >= 11 is 1.24. The molecule has 1 aliphatic heterocycles. The highest BCUT2D eigenvalue weighted by molar-refractivity contribution is 7.20. The van der Waals surface area contributed by atoms with E-state index in [0.29, 0.717) is 47.0 Å². The van der Waals surface area contributed by atoms with Gasteiger partial charge in [0.1, 0.15) is 4.83 Å². The van der Waals surface area contributed by atoms with E-state index in [1.807, 2.05) is 0 Å². The first-order chi connectivity index (χ1) is 11.4. The summed E-state index contributed by atoms with van der Waals surface area (Å²) in [5.74, 6) is -0.0806. The second kappa shape index (κ2) is 6.62. The number of rotatable bonds is 4. The Kier molecular flexibility index (Phi) is 4.71. The van der Waals surface area contributed by atoms with Crippen LogP contribution in [0.25, 0.3) is 10.2 Å². The Bertz CT molecular complexity index is 903. The average Bonchev–Trinajstić information content (AvgIpc) is 2.91. The van der Waals surface area contributed by atoms with Gasteiger partial charge in [-0.1, -0.05) is 0 Å². The molecule has 2 aromatic heterocycles. The van der Waals surface area contributed by atoms with Gasteiger partial charge in [-0.2, -0.15) is 0 Å². The first kappa shape index (κ1) is 17.1. The molecule has 0 saturated carbocycles. The number of ether oxygens (including phenoxy) is 1. The van der Waals surface area contributed by atoms with Crippen molar-refractivity contribution < 1.29 is 9.53 Å². The van der Waals surface area contributed by atoms with Gasteiger partial charge >= 0.3 is 5.69 Å². The lowest BCUT2D eigenvalue weighted by atomic mass is 10.2. The van der Waals surface area contributed by atoms with Gasteiger partial charge in [-0.15, -0.1) is 11.3 Å². The number of thiophene rings is 1. The van der Waals surface area contributed by atoms with Gasteiger partial charge in [0, 0.05) is 33.2 Å². The molecule has 1 saturated heterocycles. The fourth-order valence-corrected chi connectivity index (χ4v) is 4.28. The molecule has 0 amide bonds. The van der Waals surface area contributed by atoms with Crippen molar-refractivity contribution in [3.05, 3.63) is 31.3 Å². The monoisotopic (exact) mass is 351 g/mol. The van der Waals surface area contributed by atoms with Crippen LogP contribution < -0.4 is 11.2 Å². The van der Waals surface area contributed by atoms with E-state index < -0.39 is 0 Å². The zero-order chi connectivity index (χ0) is 17.4. The first-order valence-electron chi connectivity index (χ1n) is 7.95. The summed E-state index contributed by atoms with van der Waals surface area (Å²) in [6, 6.07) is 0. The second-order valence-corrected chi connectivity index (χ2v) is 7.04. The van der Waals surface area contributed by atoms with Crippen molar-refractivity contribution in [2.75, 3.05) is 32.8 Å². The molecule has 8 heteroatoms. The molecule has 3 heterocycles. The minimum Gasteiger partial charge on any atom is -0.379 e. The Morgan fingerprint density at radius 2 is 1.88 bits per heavy atom. The molecule has 0 atom stereocenters. The number of fused-ring (bicyclic) bond motifs is 1. The number of carbonyl (C=O) groups excluding carboxylic acids is 1. The van der Waals surface area contributed by atoms with Crippen molar-refractivity contribution in [1.82, 2.24) is 14.0 Å². The van der Waals surface area contributed by atoms with Crippen molar-refractivity contribution in [2.45, 2.75) is 20.4 Å². The third-order valence-electron chi connectivity index (χ3n) is 4.47. The molecule has 0 aliphatic carbocycles. The van der Waals surface area contributed by atoms with Crippen LogP contribution in [0.5, 0.6) is 0 Å². The number of morpholine rings is 1. The molecule has 0 N–H and O–H groups in total. The van der Waals surface area contributed by atoms with Crippen LogP contribution in [0.4, 0.5) is 0 Å². The van der Waals surface area contributed by atoms with E-state index in [2.05, 4.69) is 4.90 Å². The SMILES string of the molecule is CC(=O)c1sc2c(c1C)c(=O)n(C)c(=O)n2CCN1CCOCC1. The molecule has 1 fully saturated rings. The molecule has 0 radical (unpaired) electrons. The number of carbonyl (C=O) groups is 1. The summed E-state index contributed by atoms with van der Waals surface area (Å²) in [4.78, 5) is 40.3. The lowest BCUT2D eigenvalue weighted by Gasteiger charge is -2.26. The number of aryl methyl sites for hydroxylation is 1. The molecule has 0 spiro atoms. The molecule has 1 aliphatic rings. The zero-order valence-electron chi connectivity index (χ0n) is 14.1. The quantitative estimate of drug-likeness (QED) is 0.755. The summed E-state index contributed by atoms with van der Waals surface area (Å²) in [5.41, 5.74) is -0.000735. The fraction of sp³-hybridized carbons (Fsp3) is 0.562. The maximum Gasteiger partial charge on any atom is 0.331 e. The van der Waals surface area contributed by atoms with Crippen LogP contribution in [0.2, 0.25) is 0 Å². The normalized spacial score (nSPS) is 16.0. The molecule has 24 heavy (non-hydrogen) atoms. The van der Waals surface area contributed by atoms with Crippen molar-refractivity contribution in [2.24, 2.45) is 7.05 Å². The lowest BCUT2D eigenvalue weighted by molar-refractivity contribution is 0.0363. The lowest BCUT2D eigenvalue weighted by Crippen LogP contribution is -2.42. The molecule has 0 aromatic carbocycles. The van der Waals surface area contributed by atoms with Gasteiger partial charge in [-0.05, 0) is 19.4 Å². The van der Waals surface area contributed by atoms with E-state index in [-0.39, 0.29) is 17.0 Å². The van der Waals surface area contributed by atoms with Gasteiger partial charge in [0.2, 0.25) is 0 Å². The minimum atomic E-state index is -0.336. The van der Waals surface area contributed by atoms with E-state index in [1.54, 1.807) is 11.5 Å². The van der Waals surface area contributed by atoms with Crippen LogP contribution >= 0.6 is 11.3 Å². The Labute approximate surface area is 143 Å². The average molecular weight is 351 g/mol. The predicted octanol–water partition coefficient (Wildman–Crippen LogP) is 0.605. The van der Waals surface area contributed by atoms with Gasteiger partial charge in [0.15, 0.2) is 5.78 Å². The highest BCUT2D eigenvalue weighted by Crippen LogP contribution is 2.28.